The molecule has 0 amide bonds. The average Bonchev–Trinajstić information content (AvgIpc) is 2.72. The van der Waals surface area contributed by atoms with Crippen molar-refractivity contribution in [2.45, 2.75) is 143 Å². The Hall–Kier alpha value is -0.660. The van der Waals surface area contributed by atoms with Crippen molar-refractivity contribution in [1.29, 1.82) is 0 Å². The number of carbonyl (C=O) groups excluding carboxylic acids is 2. The molecule has 0 aromatic heterocycles. The molecular weight excluding hydrogens is 344 g/mol. The Bertz CT molecular complexity index is 271. The highest BCUT2D eigenvalue weighted by Gasteiger charge is 1.99. The van der Waals surface area contributed by atoms with Crippen molar-refractivity contribution in [1.82, 2.24) is 0 Å². The number of carbonyl (C=O) groups is 2. The van der Waals surface area contributed by atoms with Crippen LogP contribution in [0.5, 0.6) is 0 Å². The molecule has 0 aliphatic rings. The topological polar surface area (TPSA) is 34.1 Å². The summed E-state index contributed by atoms with van der Waals surface area (Å²) < 4.78 is 0. The quantitative estimate of drug-likeness (QED) is 0.152. The molecule has 0 aliphatic heterocycles. The largest absolute Gasteiger partial charge is 0.303 e. The molecule has 0 saturated heterocycles. The van der Waals surface area contributed by atoms with E-state index in [9.17, 15) is 9.59 Å². The fourth-order valence-corrected chi connectivity index (χ4v) is 3.34. The molecule has 0 aliphatic carbocycles. The zero-order valence-electron chi connectivity index (χ0n) is 19.9. The van der Waals surface area contributed by atoms with Gasteiger partial charge in [-0.3, -0.25) is 0 Å². The summed E-state index contributed by atoms with van der Waals surface area (Å²) in [4.78, 5) is 20.7. The van der Waals surface area contributed by atoms with Crippen LogP contribution in [0.25, 0.3) is 0 Å². The highest BCUT2D eigenvalue weighted by atomic mass is 16.1. The summed E-state index contributed by atoms with van der Waals surface area (Å²) in [6.07, 6.45) is 25.9. The molecule has 2 heteroatoms. The van der Waals surface area contributed by atoms with Gasteiger partial charge in [-0.2, -0.15) is 0 Å². The number of unbranched alkanes of at least 4 members (excludes halogenated alkanes) is 14. The van der Waals surface area contributed by atoms with Crippen LogP contribution < -0.4 is 0 Å². The van der Waals surface area contributed by atoms with E-state index in [-0.39, 0.29) is 11.8 Å². The van der Waals surface area contributed by atoms with E-state index < -0.39 is 0 Å². The third-order valence-corrected chi connectivity index (χ3v) is 5.49. The maximum atomic E-state index is 10.3. The van der Waals surface area contributed by atoms with E-state index in [2.05, 4.69) is 13.8 Å². The Morgan fingerprint density at radius 1 is 0.464 bits per heavy atom. The van der Waals surface area contributed by atoms with Gasteiger partial charge in [-0.1, -0.05) is 130 Å². The van der Waals surface area contributed by atoms with E-state index in [0.29, 0.717) is 0 Å². The maximum absolute atomic E-state index is 10.3. The highest BCUT2D eigenvalue weighted by Crippen LogP contribution is 2.12. The van der Waals surface area contributed by atoms with E-state index in [4.69, 9.17) is 0 Å². The number of hydrogen-bond acceptors (Lipinski definition) is 2. The van der Waals surface area contributed by atoms with Gasteiger partial charge < -0.3 is 9.59 Å². The second-order valence-electron chi connectivity index (χ2n) is 8.75. The summed E-state index contributed by atoms with van der Waals surface area (Å²) in [6.45, 7) is 8.52. The van der Waals surface area contributed by atoms with Gasteiger partial charge >= 0.3 is 0 Å². The second kappa shape index (κ2) is 26.3. The second-order valence-corrected chi connectivity index (χ2v) is 8.75. The van der Waals surface area contributed by atoms with Gasteiger partial charge in [-0.15, -0.1) is 0 Å². The van der Waals surface area contributed by atoms with Gasteiger partial charge in [0.1, 0.15) is 12.6 Å². The van der Waals surface area contributed by atoms with Crippen LogP contribution in [-0.2, 0) is 9.59 Å². The molecule has 2 nitrogen and oxygen atoms in total. The summed E-state index contributed by atoms with van der Waals surface area (Å²) in [6, 6.07) is 0. The summed E-state index contributed by atoms with van der Waals surface area (Å²) in [5.74, 6) is 0.546. The fourth-order valence-electron chi connectivity index (χ4n) is 3.34. The lowest BCUT2D eigenvalue weighted by atomic mass is 10.0. The third kappa shape index (κ3) is 27.6. The number of rotatable bonds is 20. The van der Waals surface area contributed by atoms with Crippen LogP contribution in [0, 0.1) is 11.8 Å². The number of hydrogen-bond donors (Lipinski definition) is 0. The summed E-state index contributed by atoms with van der Waals surface area (Å²) >= 11 is 0. The lowest BCUT2D eigenvalue weighted by Crippen LogP contribution is -1.94. The van der Waals surface area contributed by atoms with E-state index in [0.717, 1.165) is 25.4 Å². The molecule has 0 aromatic carbocycles. The van der Waals surface area contributed by atoms with Gasteiger partial charge in [0.2, 0.25) is 0 Å². The normalized spacial score (nSPS) is 12.7. The Morgan fingerprint density at radius 2 is 0.714 bits per heavy atom. The Balaban J connectivity index is 0. The van der Waals surface area contributed by atoms with Gasteiger partial charge in [0.25, 0.3) is 0 Å². The predicted molar refractivity (Wildman–Crippen MR) is 125 cm³/mol. The molecule has 0 fully saturated rings. The summed E-state index contributed by atoms with van der Waals surface area (Å²) in [5, 5.41) is 0. The fraction of sp³-hybridized carbons (Fsp3) is 0.923. The molecule has 0 spiro atoms. The van der Waals surface area contributed by atoms with Crippen LogP contribution in [0.4, 0.5) is 0 Å². The molecular formula is C26H52O2. The Morgan fingerprint density at radius 3 is 0.964 bits per heavy atom. The van der Waals surface area contributed by atoms with Crippen molar-refractivity contribution >= 4 is 12.6 Å². The van der Waals surface area contributed by atoms with E-state index in [1.54, 1.807) is 0 Å². The molecule has 0 aromatic rings. The average molecular weight is 397 g/mol. The summed E-state index contributed by atoms with van der Waals surface area (Å²) in [5.41, 5.74) is 0. The van der Waals surface area contributed by atoms with Crippen LogP contribution in [-0.4, -0.2) is 12.6 Å². The van der Waals surface area contributed by atoms with Gasteiger partial charge in [0.05, 0.1) is 0 Å². The van der Waals surface area contributed by atoms with Crippen molar-refractivity contribution in [2.24, 2.45) is 11.8 Å². The van der Waals surface area contributed by atoms with Crippen LogP contribution >= 0.6 is 0 Å². The van der Waals surface area contributed by atoms with Crippen molar-refractivity contribution in [2.75, 3.05) is 0 Å². The lowest BCUT2D eigenvalue weighted by molar-refractivity contribution is -0.111. The van der Waals surface area contributed by atoms with E-state index in [1.165, 1.54) is 103 Å². The standard InChI is InChI=1S/2C13H26O/c2*1-3-4-5-6-7-8-9-10-11-13(2)12-14/h2*12-13H,3-11H2,1-2H3. The van der Waals surface area contributed by atoms with Crippen LogP contribution in [0.15, 0.2) is 0 Å². The zero-order chi connectivity index (χ0) is 21.3. The first-order valence-electron chi connectivity index (χ1n) is 12.5. The Kier molecular flexibility index (Phi) is 27.8. The molecule has 0 N–H and O–H groups in total. The van der Waals surface area contributed by atoms with Crippen molar-refractivity contribution in [3.05, 3.63) is 0 Å². The minimum Gasteiger partial charge on any atom is -0.303 e. The first-order chi connectivity index (χ1) is 13.6. The first-order valence-corrected chi connectivity index (χ1v) is 12.5. The minimum atomic E-state index is 0.273. The predicted octanol–water partition coefficient (Wildman–Crippen LogP) is 8.70. The van der Waals surface area contributed by atoms with Crippen LogP contribution in [0.1, 0.15) is 143 Å². The molecule has 2 unspecified atom stereocenters. The third-order valence-electron chi connectivity index (χ3n) is 5.49. The molecule has 0 radical (unpaired) electrons. The van der Waals surface area contributed by atoms with E-state index >= 15 is 0 Å². The molecule has 0 saturated carbocycles. The van der Waals surface area contributed by atoms with Crippen molar-refractivity contribution in [3.8, 4) is 0 Å². The molecule has 0 rings (SSSR count). The molecule has 0 bridgehead atoms. The SMILES string of the molecule is CCCCCCCCCCC(C)C=O.CCCCCCCCCCC(C)C=O. The van der Waals surface area contributed by atoms with Crippen molar-refractivity contribution < 1.29 is 9.59 Å². The maximum Gasteiger partial charge on any atom is 0.122 e. The van der Waals surface area contributed by atoms with Crippen LogP contribution in [0.3, 0.4) is 0 Å². The van der Waals surface area contributed by atoms with E-state index in [1.807, 2.05) is 13.8 Å². The number of aldehydes is 2. The van der Waals surface area contributed by atoms with Gasteiger partial charge in [-0.05, 0) is 12.8 Å². The molecule has 28 heavy (non-hydrogen) atoms. The summed E-state index contributed by atoms with van der Waals surface area (Å²) in [7, 11) is 0. The lowest BCUT2D eigenvalue weighted by Gasteiger charge is -2.03. The first kappa shape index (κ1) is 29.5. The highest BCUT2D eigenvalue weighted by molar-refractivity contribution is 5.52. The monoisotopic (exact) mass is 396 g/mol. The zero-order valence-corrected chi connectivity index (χ0v) is 19.9. The molecule has 2 atom stereocenters. The van der Waals surface area contributed by atoms with Crippen LogP contribution in [0.2, 0.25) is 0 Å². The molecule has 168 valence electrons. The van der Waals surface area contributed by atoms with Gasteiger partial charge in [-0.25, -0.2) is 0 Å². The van der Waals surface area contributed by atoms with Gasteiger partial charge in [0.15, 0.2) is 0 Å². The minimum absolute atomic E-state index is 0.273. The smallest absolute Gasteiger partial charge is 0.122 e. The van der Waals surface area contributed by atoms with Crippen molar-refractivity contribution in [3.63, 3.8) is 0 Å². The van der Waals surface area contributed by atoms with Gasteiger partial charge in [0, 0.05) is 11.8 Å². The molecule has 0 heterocycles. The Labute approximate surface area is 177 Å².